The van der Waals surface area contributed by atoms with E-state index in [4.69, 9.17) is 10.7 Å². The second-order valence-corrected chi connectivity index (χ2v) is 10.4. The van der Waals surface area contributed by atoms with Gasteiger partial charge in [0, 0.05) is 25.5 Å². The molecule has 39 heavy (non-hydrogen) atoms. The fraction of sp³-hybridized carbons (Fsp3) is 0.560. The van der Waals surface area contributed by atoms with Crippen LogP contribution in [0.1, 0.15) is 85.2 Å². The summed E-state index contributed by atoms with van der Waals surface area (Å²) < 4.78 is 68.5. The van der Waals surface area contributed by atoms with Crippen LogP contribution >= 0.6 is 0 Å². The number of fused-ring (bicyclic) bond motifs is 1. The van der Waals surface area contributed by atoms with Gasteiger partial charge in [0.25, 0.3) is 5.91 Å². The minimum absolute atomic E-state index is 0.0809. The highest BCUT2D eigenvalue weighted by atomic mass is 19.4. The number of primary amides is 1. The molecule has 3 N–H and O–H groups in total. The Kier molecular flexibility index (Phi) is 7.06. The Morgan fingerprint density at radius 3 is 2.49 bits per heavy atom. The van der Waals surface area contributed by atoms with Gasteiger partial charge in [-0.2, -0.15) is 23.4 Å². The first-order valence-corrected chi connectivity index (χ1v) is 12.8. The van der Waals surface area contributed by atoms with Crippen LogP contribution in [0.2, 0.25) is 0 Å². The van der Waals surface area contributed by atoms with E-state index in [0.29, 0.717) is 16.9 Å². The fourth-order valence-corrected chi connectivity index (χ4v) is 5.30. The number of carbonyl (C=O) groups is 2. The fourth-order valence-electron chi connectivity index (χ4n) is 5.30. The zero-order valence-corrected chi connectivity index (χ0v) is 20.9. The normalized spacial score (nSPS) is 19.6. The van der Waals surface area contributed by atoms with Crippen molar-refractivity contribution in [2.45, 2.75) is 75.5 Å². The van der Waals surface area contributed by atoms with Crippen LogP contribution in [0.4, 0.5) is 22.0 Å². The Morgan fingerprint density at radius 1 is 1.13 bits per heavy atom. The van der Waals surface area contributed by atoms with Crippen molar-refractivity contribution in [2.24, 2.45) is 17.6 Å². The molecule has 0 saturated heterocycles. The number of imidazole rings is 1. The van der Waals surface area contributed by atoms with E-state index in [1.807, 2.05) is 0 Å². The van der Waals surface area contributed by atoms with Gasteiger partial charge in [-0.1, -0.05) is 0 Å². The molecule has 0 unspecified atom stereocenters. The summed E-state index contributed by atoms with van der Waals surface area (Å²) in [5.41, 5.74) is 7.13. The van der Waals surface area contributed by atoms with Gasteiger partial charge < -0.3 is 11.1 Å². The Labute approximate surface area is 219 Å². The van der Waals surface area contributed by atoms with Gasteiger partial charge in [-0.3, -0.25) is 14.3 Å². The van der Waals surface area contributed by atoms with Crippen LogP contribution in [0.25, 0.3) is 5.65 Å². The van der Waals surface area contributed by atoms with E-state index >= 15 is 0 Å². The number of nitrogens with two attached hydrogens (primary N) is 1. The minimum Gasteiger partial charge on any atom is -0.364 e. The summed E-state index contributed by atoms with van der Waals surface area (Å²) in [6, 6.07) is 2.01. The third-order valence-electron chi connectivity index (χ3n) is 7.46. The number of rotatable bonds is 9. The minimum atomic E-state index is -4.42. The van der Waals surface area contributed by atoms with Crippen LogP contribution in [0.15, 0.2) is 30.7 Å². The first kappa shape index (κ1) is 27.0. The predicted molar refractivity (Wildman–Crippen MR) is 128 cm³/mol. The number of aromatic nitrogens is 5. The van der Waals surface area contributed by atoms with Crippen molar-refractivity contribution < 1.29 is 31.5 Å². The summed E-state index contributed by atoms with van der Waals surface area (Å²) in [5, 5.41) is 11.4. The summed E-state index contributed by atoms with van der Waals surface area (Å²) in [6.45, 7) is 0. The van der Waals surface area contributed by atoms with E-state index in [1.165, 1.54) is 27.7 Å². The molecule has 2 fully saturated rings. The molecular weight excluding hydrogens is 525 g/mol. The third-order valence-corrected chi connectivity index (χ3v) is 7.46. The Balaban J connectivity index is 1.44. The third kappa shape index (κ3) is 6.19. The van der Waals surface area contributed by atoms with Crippen LogP contribution < -0.4 is 11.1 Å². The summed E-state index contributed by atoms with van der Waals surface area (Å²) in [7, 11) is 0. The summed E-state index contributed by atoms with van der Waals surface area (Å²) >= 11 is 0. The number of halogens is 5. The summed E-state index contributed by atoms with van der Waals surface area (Å²) in [4.78, 5) is 29.0. The average molecular weight is 554 g/mol. The number of nitrogens with one attached hydrogen (secondary N) is 1. The highest BCUT2D eigenvalue weighted by Gasteiger charge is 2.41. The topological polar surface area (TPSA) is 120 Å². The highest BCUT2D eigenvalue weighted by Crippen LogP contribution is 2.44. The molecule has 2 amide bonds. The van der Waals surface area contributed by atoms with Crippen LogP contribution in [0.3, 0.4) is 0 Å². The molecule has 3 heterocycles. The molecule has 0 spiro atoms. The van der Waals surface area contributed by atoms with Crippen LogP contribution in [0, 0.1) is 11.8 Å². The van der Waals surface area contributed by atoms with Crippen molar-refractivity contribution in [3.63, 3.8) is 0 Å². The van der Waals surface area contributed by atoms with Crippen LogP contribution in [-0.4, -0.2) is 48.3 Å². The van der Waals surface area contributed by atoms with Crippen molar-refractivity contribution in [1.82, 2.24) is 29.7 Å². The number of hydrogen-bond donors (Lipinski definition) is 2. The molecule has 2 aliphatic rings. The first-order chi connectivity index (χ1) is 18.4. The van der Waals surface area contributed by atoms with E-state index < -0.39 is 48.8 Å². The molecule has 5 rings (SSSR count). The maximum atomic E-state index is 13.9. The Hall–Kier alpha value is -3.58. The molecule has 210 valence electrons. The molecular formula is C25H28F5N7O2. The molecule has 0 aliphatic heterocycles. The molecule has 0 aromatic carbocycles. The molecule has 2 aliphatic carbocycles. The number of carbonyl (C=O) groups excluding carboxylic acids is 2. The lowest BCUT2D eigenvalue weighted by Gasteiger charge is -2.33. The standard InChI is InChI=1S/C25H28F5N7O2/c26-24(27)7-3-15(4-8-24)22(37-18(23(31)39)6-10-32-37)17-13-36-19(34-17)11-16(12-33-36)21(14-1-2-14)35-20(38)5-9-25(28,29)30/h6,10-15,21-22H,1-5,7-9H2,(H2,31,39)(H,35,38)/t21-,22+/m1/s1. The predicted octanol–water partition coefficient (Wildman–Crippen LogP) is 4.35. The smallest absolute Gasteiger partial charge is 0.364 e. The van der Waals surface area contributed by atoms with Gasteiger partial charge in [-0.05, 0) is 55.2 Å². The van der Waals surface area contributed by atoms with E-state index in [1.54, 1.807) is 12.3 Å². The van der Waals surface area contributed by atoms with Crippen molar-refractivity contribution in [3.05, 3.63) is 47.7 Å². The summed E-state index contributed by atoms with van der Waals surface area (Å²) in [6.07, 6.45) is -0.283. The zero-order chi connectivity index (χ0) is 27.9. The number of amides is 2. The van der Waals surface area contributed by atoms with Crippen LogP contribution in [-0.2, 0) is 4.79 Å². The average Bonchev–Trinajstić information content (AvgIpc) is 3.43. The molecule has 9 nitrogen and oxygen atoms in total. The van der Waals surface area contributed by atoms with Gasteiger partial charge in [-0.25, -0.2) is 18.3 Å². The molecule has 3 aromatic heterocycles. The van der Waals surface area contributed by atoms with E-state index in [0.717, 1.165) is 12.8 Å². The molecule has 2 saturated carbocycles. The lowest BCUT2D eigenvalue weighted by Crippen LogP contribution is -2.33. The lowest BCUT2D eigenvalue weighted by molar-refractivity contribution is -0.144. The van der Waals surface area contributed by atoms with Crippen molar-refractivity contribution in [2.75, 3.05) is 0 Å². The highest BCUT2D eigenvalue weighted by molar-refractivity contribution is 5.91. The zero-order valence-electron chi connectivity index (χ0n) is 20.9. The second-order valence-electron chi connectivity index (χ2n) is 10.4. The van der Waals surface area contributed by atoms with E-state index in [-0.39, 0.29) is 43.2 Å². The maximum Gasteiger partial charge on any atom is 0.389 e. The Bertz CT molecular complexity index is 1350. The number of nitrogens with zero attached hydrogens (tertiary/aromatic N) is 5. The van der Waals surface area contributed by atoms with Gasteiger partial charge in [0.1, 0.15) is 5.69 Å². The lowest BCUT2D eigenvalue weighted by atomic mass is 9.81. The summed E-state index contributed by atoms with van der Waals surface area (Å²) in [5.74, 6) is -4.37. The van der Waals surface area contributed by atoms with Crippen LogP contribution in [0.5, 0.6) is 0 Å². The van der Waals surface area contributed by atoms with Gasteiger partial charge in [0.15, 0.2) is 5.65 Å². The Morgan fingerprint density at radius 2 is 1.85 bits per heavy atom. The number of hydrogen-bond acceptors (Lipinski definition) is 5. The molecule has 0 bridgehead atoms. The number of alkyl halides is 5. The largest absolute Gasteiger partial charge is 0.389 e. The van der Waals surface area contributed by atoms with Gasteiger partial charge >= 0.3 is 6.18 Å². The van der Waals surface area contributed by atoms with Crippen molar-refractivity contribution >= 4 is 17.5 Å². The molecule has 3 aromatic rings. The molecule has 0 radical (unpaired) electrons. The van der Waals surface area contributed by atoms with Crippen molar-refractivity contribution in [3.8, 4) is 0 Å². The first-order valence-electron chi connectivity index (χ1n) is 12.8. The van der Waals surface area contributed by atoms with E-state index in [9.17, 15) is 31.5 Å². The monoisotopic (exact) mass is 553 g/mol. The van der Waals surface area contributed by atoms with E-state index in [2.05, 4.69) is 15.5 Å². The molecule has 14 heteroatoms. The van der Waals surface area contributed by atoms with Gasteiger partial charge in [0.05, 0.1) is 36.6 Å². The SMILES string of the molecule is NC(=O)c1ccnn1[C@H](c1cn2ncc([C@H](NC(=O)CCC(F)(F)F)C3CC3)cc2n1)C1CCC(F)(F)CC1. The van der Waals surface area contributed by atoms with Crippen molar-refractivity contribution in [1.29, 1.82) is 0 Å². The van der Waals surface area contributed by atoms with Gasteiger partial charge in [0.2, 0.25) is 11.8 Å². The maximum absolute atomic E-state index is 13.9. The van der Waals surface area contributed by atoms with Gasteiger partial charge in [-0.15, -0.1) is 0 Å². The second kappa shape index (κ2) is 10.2. The molecule has 2 atom stereocenters. The quantitative estimate of drug-likeness (QED) is 0.382.